The summed E-state index contributed by atoms with van der Waals surface area (Å²) >= 11 is 1.65. The summed E-state index contributed by atoms with van der Waals surface area (Å²) < 4.78 is 10.8. The highest BCUT2D eigenvalue weighted by atomic mass is 32.1. The number of anilines is 1. The molecule has 112 valence electrons. The average Bonchev–Trinajstić information content (AvgIpc) is 3.18. The molecule has 0 bridgehead atoms. The molecule has 0 aliphatic carbocycles. The van der Waals surface area contributed by atoms with E-state index in [9.17, 15) is 0 Å². The summed E-state index contributed by atoms with van der Waals surface area (Å²) in [6, 6.07) is 10.4. The molecule has 1 aliphatic rings. The lowest BCUT2D eigenvalue weighted by atomic mass is 10.1. The van der Waals surface area contributed by atoms with Gasteiger partial charge in [-0.2, -0.15) is 0 Å². The number of fused-ring (bicyclic) bond motifs is 1. The number of thiazole rings is 1. The zero-order valence-corrected chi connectivity index (χ0v) is 12.9. The van der Waals surface area contributed by atoms with Gasteiger partial charge in [-0.25, -0.2) is 4.98 Å². The van der Waals surface area contributed by atoms with Gasteiger partial charge in [-0.3, -0.25) is 0 Å². The monoisotopic (exact) mass is 312 g/mol. The van der Waals surface area contributed by atoms with E-state index in [4.69, 9.17) is 14.1 Å². The summed E-state index contributed by atoms with van der Waals surface area (Å²) in [4.78, 5) is 7.07. The van der Waals surface area contributed by atoms with Crippen molar-refractivity contribution >= 4 is 17.0 Å². The van der Waals surface area contributed by atoms with Crippen LogP contribution in [0.2, 0.25) is 0 Å². The van der Waals surface area contributed by atoms with Crippen molar-refractivity contribution in [3.63, 3.8) is 0 Å². The van der Waals surface area contributed by atoms with Crippen LogP contribution in [0.25, 0.3) is 10.6 Å². The van der Waals surface area contributed by atoms with Crippen molar-refractivity contribution in [2.75, 3.05) is 18.1 Å². The van der Waals surface area contributed by atoms with Gasteiger partial charge in [-0.05, 0) is 12.1 Å². The first-order valence-electron chi connectivity index (χ1n) is 7.28. The maximum Gasteiger partial charge on any atom is 0.126 e. The summed E-state index contributed by atoms with van der Waals surface area (Å²) in [6.07, 6.45) is 3.41. The van der Waals surface area contributed by atoms with Crippen LogP contribution < -0.4 is 4.90 Å². The Morgan fingerprint density at radius 1 is 1.23 bits per heavy atom. The maximum atomic E-state index is 5.68. The molecule has 0 atom stereocenters. The summed E-state index contributed by atoms with van der Waals surface area (Å²) in [7, 11) is 0. The fourth-order valence-corrected chi connectivity index (χ4v) is 3.47. The predicted octanol–water partition coefficient (Wildman–Crippen LogP) is 3.94. The molecular formula is C17H16N2O2S. The van der Waals surface area contributed by atoms with E-state index >= 15 is 0 Å². The van der Waals surface area contributed by atoms with Gasteiger partial charge in [-0.1, -0.05) is 18.2 Å². The summed E-state index contributed by atoms with van der Waals surface area (Å²) in [5, 5.41) is 3.12. The molecule has 0 saturated heterocycles. The Balaban J connectivity index is 1.58. The Morgan fingerprint density at radius 3 is 3.09 bits per heavy atom. The Hall–Kier alpha value is -2.11. The molecule has 0 fully saturated rings. The smallest absolute Gasteiger partial charge is 0.126 e. The molecular weight excluding hydrogens is 296 g/mol. The number of ether oxygens (including phenoxy) is 1. The number of hydrogen-bond acceptors (Lipinski definition) is 5. The minimum atomic E-state index is 0.685. The van der Waals surface area contributed by atoms with Gasteiger partial charge in [0, 0.05) is 28.7 Å². The standard InChI is InChI=1S/C17H16N2O2S/c1-2-4-16-13(3-1)10-21-8-6-19(16)9-15-12-22-17(18-15)14-5-7-20-11-14/h1-5,7,11-12H,6,8-10H2. The zero-order chi connectivity index (χ0) is 14.8. The van der Waals surface area contributed by atoms with Crippen molar-refractivity contribution in [3.05, 3.63) is 59.5 Å². The molecule has 4 rings (SSSR count). The molecule has 0 unspecified atom stereocenters. The van der Waals surface area contributed by atoms with Crippen molar-refractivity contribution in [1.82, 2.24) is 4.98 Å². The fraction of sp³-hybridized carbons (Fsp3) is 0.235. The largest absolute Gasteiger partial charge is 0.472 e. The first kappa shape index (κ1) is 13.5. The lowest BCUT2D eigenvalue weighted by Gasteiger charge is -2.23. The van der Waals surface area contributed by atoms with E-state index in [0.29, 0.717) is 6.61 Å². The van der Waals surface area contributed by atoms with Gasteiger partial charge in [0.1, 0.15) is 11.3 Å². The molecule has 0 radical (unpaired) electrons. The van der Waals surface area contributed by atoms with E-state index in [1.807, 2.05) is 6.07 Å². The van der Waals surface area contributed by atoms with Crippen LogP contribution in [0.5, 0.6) is 0 Å². The lowest BCUT2D eigenvalue weighted by molar-refractivity contribution is 0.132. The number of benzene rings is 1. The first-order valence-corrected chi connectivity index (χ1v) is 8.16. The van der Waals surface area contributed by atoms with Gasteiger partial charge in [0.15, 0.2) is 0 Å². The number of para-hydroxylation sites is 1. The van der Waals surface area contributed by atoms with Gasteiger partial charge < -0.3 is 14.1 Å². The molecule has 3 aromatic rings. The van der Waals surface area contributed by atoms with Crippen LogP contribution in [0, 0.1) is 0 Å². The Morgan fingerprint density at radius 2 is 2.18 bits per heavy atom. The molecule has 2 aromatic heterocycles. The van der Waals surface area contributed by atoms with Crippen LogP contribution in [-0.2, 0) is 17.9 Å². The van der Waals surface area contributed by atoms with Crippen molar-refractivity contribution in [3.8, 4) is 10.6 Å². The van der Waals surface area contributed by atoms with Crippen molar-refractivity contribution in [1.29, 1.82) is 0 Å². The SMILES string of the molecule is c1ccc2c(c1)COCCN2Cc1csc(-c2ccoc2)n1. The average molecular weight is 312 g/mol. The second kappa shape index (κ2) is 5.94. The van der Waals surface area contributed by atoms with Gasteiger partial charge in [0.05, 0.1) is 31.7 Å². The molecule has 0 N–H and O–H groups in total. The first-order chi connectivity index (χ1) is 10.9. The van der Waals surface area contributed by atoms with Crippen LogP contribution in [0.3, 0.4) is 0 Å². The second-order valence-corrected chi connectivity index (χ2v) is 6.12. The van der Waals surface area contributed by atoms with E-state index in [2.05, 4.69) is 34.5 Å². The number of furan rings is 1. The topological polar surface area (TPSA) is 38.5 Å². The van der Waals surface area contributed by atoms with Crippen molar-refractivity contribution in [2.24, 2.45) is 0 Å². The third kappa shape index (κ3) is 2.65. The molecule has 5 heteroatoms. The minimum Gasteiger partial charge on any atom is -0.472 e. The number of hydrogen-bond donors (Lipinski definition) is 0. The number of rotatable bonds is 3. The van der Waals surface area contributed by atoms with Crippen LogP contribution in [0.15, 0.2) is 52.7 Å². The quantitative estimate of drug-likeness (QED) is 0.734. The second-order valence-electron chi connectivity index (χ2n) is 5.26. The third-order valence-corrected chi connectivity index (χ3v) is 4.71. The van der Waals surface area contributed by atoms with E-state index in [1.54, 1.807) is 23.9 Å². The number of nitrogens with zero attached hydrogens (tertiary/aromatic N) is 2. The highest BCUT2D eigenvalue weighted by Gasteiger charge is 2.16. The van der Waals surface area contributed by atoms with Gasteiger partial charge >= 0.3 is 0 Å². The molecule has 22 heavy (non-hydrogen) atoms. The minimum absolute atomic E-state index is 0.685. The van der Waals surface area contributed by atoms with Gasteiger partial charge in [0.2, 0.25) is 0 Å². The van der Waals surface area contributed by atoms with E-state index < -0.39 is 0 Å². The Kier molecular flexibility index (Phi) is 3.66. The van der Waals surface area contributed by atoms with Crippen LogP contribution in [0.4, 0.5) is 5.69 Å². The molecule has 1 aromatic carbocycles. The molecule has 4 nitrogen and oxygen atoms in total. The van der Waals surface area contributed by atoms with Crippen LogP contribution in [0.1, 0.15) is 11.3 Å². The fourth-order valence-electron chi connectivity index (χ4n) is 2.68. The Bertz CT molecular complexity index is 752. The highest BCUT2D eigenvalue weighted by Crippen LogP contribution is 2.28. The molecule has 3 heterocycles. The highest BCUT2D eigenvalue weighted by molar-refractivity contribution is 7.13. The predicted molar refractivity (Wildman–Crippen MR) is 87.0 cm³/mol. The van der Waals surface area contributed by atoms with E-state index in [0.717, 1.165) is 36.0 Å². The normalized spacial score (nSPS) is 14.6. The Labute approximate surface area is 133 Å². The molecule has 0 amide bonds. The molecule has 0 saturated carbocycles. The third-order valence-electron chi connectivity index (χ3n) is 3.77. The summed E-state index contributed by atoms with van der Waals surface area (Å²) in [5.74, 6) is 0. The van der Waals surface area contributed by atoms with Gasteiger partial charge in [-0.15, -0.1) is 11.3 Å². The summed E-state index contributed by atoms with van der Waals surface area (Å²) in [5.41, 5.74) is 4.61. The molecule has 0 spiro atoms. The number of aromatic nitrogens is 1. The summed E-state index contributed by atoms with van der Waals surface area (Å²) in [6.45, 7) is 3.11. The van der Waals surface area contributed by atoms with Crippen LogP contribution in [-0.4, -0.2) is 18.1 Å². The molecule has 1 aliphatic heterocycles. The zero-order valence-electron chi connectivity index (χ0n) is 12.1. The van der Waals surface area contributed by atoms with E-state index in [1.165, 1.54) is 11.3 Å². The van der Waals surface area contributed by atoms with Crippen LogP contribution >= 0.6 is 11.3 Å². The van der Waals surface area contributed by atoms with Crippen molar-refractivity contribution in [2.45, 2.75) is 13.2 Å². The maximum absolute atomic E-state index is 5.68. The van der Waals surface area contributed by atoms with E-state index in [-0.39, 0.29) is 0 Å². The van der Waals surface area contributed by atoms with Crippen molar-refractivity contribution < 1.29 is 9.15 Å². The van der Waals surface area contributed by atoms with Gasteiger partial charge in [0.25, 0.3) is 0 Å². The lowest BCUT2D eigenvalue weighted by Crippen LogP contribution is -2.25.